The van der Waals surface area contributed by atoms with Crippen LogP contribution in [0, 0.1) is 0 Å². The molecule has 3 heterocycles. The smallest absolute Gasteiger partial charge is 0.318 e. The number of amides is 2. The molecule has 3 rings (SSSR count). The summed E-state index contributed by atoms with van der Waals surface area (Å²) in [6.07, 6.45) is 6.05. The summed E-state index contributed by atoms with van der Waals surface area (Å²) in [4.78, 5) is 16.9. The van der Waals surface area contributed by atoms with E-state index in [0.29, 0.717) is 6.54 Å². The van der Waals surface area contributed by atoms with E-state index in [2.05, 4.69) is 10.2 Å². The molecule has 0 spiro atoms. The van der Waals surface area contributed by atoms with E-state index in [4.69, 9.17) is 9.15 Å². The highest BCUT2D eigenvalue weighted by Gasteiger charge is 2.28. The molecule has 6 nitrogen and oxygen atoms in total. The fourth-order valence-corrected chi connectivity index (χ4v) is 3.38. The summed E-state index contributed by atoms with van der Waals surface area (Å²) in [7, 11) is 0. The number of hydrogen-bond acceptors (Lipinski definition) is 4. The predicted octanol–water partition coefficient (Wildman–Crippen LogP) is 2.24. The standard InChI is InChI=1S/C17H27N3O3/c21-17(18-7-9-19-10-13-22-14-11-19)20-8-3-1-2-5-15(20)16-6-4-12-23-16/h4,6,12,15H,1-3,5,7-11,13-14H2,(H,18,21)/t15-/m0/s1. The molecule has 6 heteroatoms. The maximum absolute atomic E-state index is 12.6. The zero-order valence-electron chi connectivity index (χ0n) is 13.7. The molecule has 1 aromatic heterocycles. The number of hydrogen-bond donors (Lipinski definition) is 1. The van der Waals surface area contributed by atoms with E-state index in [-0.39, 0.29) is 12.1 Å². The Morgan fingerprint density at radius 2 is 2.09 bits per heavy atom. The third-order valence-corrected chi connectivity index (χ3v) is 4.69. The van der Waals surface area contributed by atoms with Crippen molar-refractivity contribution in [3.63, 3.8) is 0 Å². The highest BCUT2D eigenvalue weighted by molar-refractivity contribution is 5.74. The molecule has 0 aromatic carbocycles. The Morgan fingerprint density at radius 1 is 1.22 bits per heavy atom. The van der Waals surface area contributed by atoms with E-state index in [1.54, 1.807) is 6.26 Å². The lowest BCUT2D eigenvalue weighted by Crippen LogP contribution is -2.46. The number of carbonyl (C=O) groups is 1. The third kappa shape index (κ3) is 4.48. The Kier molecular flexibility index (Phi) is 5.93. The molecule has 1 aromatic rings. The summed E-state index contributed by atoms with van der Waals surface area (Å²) in [5, 5.41) is 3.08. The van der Waals surface area contributed by atoms with Crippen molar-refractivity contribution >= 4 is 6.03 Å². The van der Waals surface area contributed by atoms with E-state index < -0.39 is 0 Å². The first-order valence-electron chi connectivity index (χ1n) is 8.72. The molecule has 2 aliphatic heterocycles. The van der Waals surface area contributed by atoms with Crippen LogP contribution in [0.25, 0.3) is 0 Å². The first kappa shape index (κ1) is 16.3. The maximum Gasteiger partial charge on any atom is 0.318 e. The lowest BCUT2D eigenvalue weighted by Gasteiger charge is -2.30. The minimum atomic E-state index is 0.0292. The monoisotopic (exact) mass is 321 g/mol. The number of furan rings is 1. The number of morpholine rings is 1. The van der Waals surface area contributed by atoms with Crippen molar-refractivity contribution < 1.29 is 13.9 Å². The Morgan fingerprint density at radius 3 is 2.87 bits per heavy atom. The van der Waals surface area contributed by atoms with E-state index in [9.17, 15) is 4.79 Å². The molecule has 2 aliphatic rings. The summed E-state index contributed by atoms with van der Waals surface area (Å²) < 4.78 is 10.9. The Balaban J connectivity index is 1.52. The van der Waals surface area contributed by atoms with Crippen LogP contribution in [0.4, 0.5) is 4.79 Å². The summed E-state index contributed by atoms with van der Waals surface area (Å²) >= 11 is 0. The molecule has 128 valence electrons. The topological polar surface area (TPSA) is 58.0 Å². The molecular weight excluding hydrogens is 294 g/mol. The lowest BCUT2D eigenvalue weighted by molar-refractivity contribution is 0.0385. The second-order valence-electron chi connectivity index (χ2n) is 6.26. The molecule has 2 saturated heterocycles. The number of nitrogens with zero attached hydrogens (tertiary/aromatic N) is 2. The molecule has 0 aliphatic carbocycles. The number of ether oxygens (including phenoxy) is 1. The fourth-order valence-electron chi connectivity index (χ4n) is 3.38. The molecule has 1 atom stereocenters. The zero-order valence-corrected chi connectivity index (χ0v) is 13.7. The van der Waals surface area contributed by atoms with Gasteiger partial charge in [0.05, 0.1) is 25.5 Å². The van der Waals surface area contributed by atoms with Gasteiger partial charge in [0.1, 0.15) is 5.76 Å². The lowest BCUT2D eigenvalue weighted by atomic mass is 10.1. The molecule has 2 fully saturated rings. The molecule has 0 unspecified atom stereocenters. The van der Waals surface area contributed by atoms with Gasteiger partial charge in [0.15, 0.2) is 0 Å². The van der Waals surface area contributed by atoms with Gasteiger partial charge >= 0.3 is 6.03 Å². The first-order valence-corrected chi connectivity index (χ1v) is 8.72. The van der Waals surface area contributed by atoms with E-state index >= 15 is 0 Å². The number of nitrogens with one attached hydrogen (secondary N) is 1. The summed E-state index contributed by atoms with van der Waals surface area (Å²) in [5.74, 6) is 0.898. The molecular formula is C17H27N3O3. The van der Waals surface area contributed by atoms with Crippen molar-refractivity contribution in [1.29, 1.82) is 0 Å². The van der Waals surface area contributed by atoms with Crippen LogP contribution in [0.3, 0.4) is 0 Å². The number of rotatable bonds is 4. The maximum atomic E-state index is 12.6. The van der Waals surface area contributed by atoms with Crippen LogP contribution in [0.1, 0.15) is 37.5 Å². The average molecular weight is 321 g/mol. The van der Waals surface area contributed by atoms with Crippen LogP contribution in [-0.4, -0.2) is 61.8 Å². The fraction of sp³-hybridized carbons (Fsp3) is 0.706. The molecule has 0 radical (unpaired) electrons. The molecule has 0 saturated carbocycles. The van der Waals surface area contributed by atoms with Gasteiger partial charge < -0.3 is 19.4 Å². The minimum absolute atomic E-state index is 0.0292. The van der Waals surface area contributed by atoms with Gasteiger partial charge in [-0.25, -0.2) is 4.79 Å². The second-order valence-corrected chi connectivity index (χ2v) is 6.26. The zero-order chi connectivity index (χ0) is 15.9. The molecule has 0 bridgehead atoms. The van der Waals surface area contributed by atoms with Crippen molar-refractivity contribution in [2.24, 2.45) is 0 Å². The van der Waals surface area contributed by atoms with Gasteiger partial charge in [0, 0.05) is 32.7 Å². The Hall–Kier alpha value is -1.53. The van der Waals surface area contributed by atoms with E-state index in [0.717, 1.165) is 64.4 Å². The molecule has 2 amide bonds. The third-order valence-electron chi connectivity index (χ3n) is 4.69. The van der Waals surface area contributed by atoms with Crippen LogP contribution in [0.15, 0.2) is 22.8 Å². The van der Waals surface area contributed by atoms with Crippen molar-refractivity contribution in [3.05, 3.63) is 24.2 Å². The Bertz CT molecular complexity index is 471. The van der Waals surface area contributed by atoms with Gasteiger partial charge in [0.25, 0.3) is 0 Å². The average Bonchev–Trinajstić information content (AvgIpc) is 3.00. The highest BCUT2D eigenvalue weighted by atomic mass is 16.5. The van der Waals surface area contributed by atoms with Gasteiger partial charge in [-0.3, -0.25) is 4.90 Å². The van der Waals surface area contributed by atoms with Gasteiger partial charge in [-0.15, -0.1) is 0 Å². The number of carbonyl (C=O) groups excluding carboxylic acids is 1. The van der Waals surface area contributed by atoms with Crippen LogP contribution in [-0.2, 0) is 4.74 Å². The Labute approximate surface area is 137 Å². The van der Waals surface area contributed by atoms with E-state index in [1.807, 2.05) is 17.0 Å². The molecule has 23 heavy (non-hydrogen) atoms. The summed E-state index contributed by atoms with van der Waals surface area (Å²) in [6, 6.07) is 3.97. The number of likely N-dealkylation sites (tertiary alicyclic amines) is 1. The van der Waals surface area contributed by atoms with Gasteiger partial charge in [-0.05, 0) is 25.0 Å². The second kappa shape index (κ2) is 8.36. The summed E-state index contributed by atoms with van der Waals surface area (Å²) in [6.45, 7) is 5.85. The van der Waals surface area contributed by atoms with Crippen molar-refractivity contribution in [3.8, 4) is 0 Å². The van der Waals surface area contributed by atoms with Crippen molar-refractivity contribution in [2.75, 3.05) is 45.9 Å². The van der Waals surface area contributed by atoms with Crippen LogP contribution < -0.4 is 5.32 Å². The first-order chi connectivity index (χ1) is 11.3. The van der Waals surface area contributed by atoms with Crippen LogP contribution in [0.2, 0.25) is 0 Å². The van der Waals surface area contributed by atoms with Crippen molar-refractivity contribution in [1.82, 2.24) is 15.1 Å². The van der Waals surface area contributed by atoms with Gasteiger partial charge in [0.2, 0.25) is 0 Å². The highest BCUT2D eigenvalue weighted by Crippen LogP contribution is 2.30. The number of urea groups is 1. The normalized spacial score (nSPS) is 23.5. The molecule has 1 N–H and O–H groups in total. The minimum Gasteiger partial charge on any atom is -0.467 e. The largest absolute Gasteiger partial charge is 0.467 e. The van der Waals surface area contributed by atoms with Crippen LogP contribution in [0.5, 0.6) is 0 Å². The van der Waals surface area contributed by atoms with E-state index in [1.165, 1.54) is 6.42 Å². The van der Waals surface area contributed by atoms with Gasteiger partial charge in [-0.1, -0.05) is 12.8 Å². The van der Waals surface area contributed by atoms with Crippen LogP contribution >= 0.6 is 0 Å². The summed E-state index contributed by atoms with van der Waals surface area (Å²) in [5.41, 5.74) is 0. The van der Waals surface area contributed by atoms with Crippen molar-refractivity contribution in [2.45, 2.75) is 31.7 Å². The van der Waals surface area contributed by atoms with Gasteiger partial charge in [-0.2, -0.15) is 0 Å². The quantitative estimate of drug-likeness (QED) is 0.924. The predicted molar refractivity (Wildman–Crippen MR) is 87.3 cm³/mol. The SMILES string of the molecule is O=C(NCCN1CCOCC1)N1CCCCC[C@H]1c1ccco1.